The minimum atomic E-state index is -6.03. The lowest BCUT2D eigenvalue weighted by atomic mass is 10.2. The number of phosphoric acid groups is 3. The largest absolute Gasteiger partial charge is 0.756 e. The average Bonchev–Trinajstić information content (AvgIpc) is 2.82. The van der Waals surface area contributed by atoms with Crippen LogP contribution in [0.4, 0.5) is 5.82 Å². The quantitative estimate of drug-likeness (QED) is 0.322. The SMILES string of the molecule is Nc1ccn([C@H]2C[C@H](O)[C@@H](COP(=O)([O-])OP(=O)([O-])OP(=O)([O-])O)O2)c(=O)n1. The molecule has 160 valence electrons. The van der Waals surface area contributed by atoms with Crippen molar-refractivity contribution in [3.8, 4) is 0 Å². The van der Waals surface area contributed by atoms with Crippen molar-refractivity contribution < 1.29 is 56.3 Å². The monoisotopic (exact) mass is 464 g/mol. The molecular weight excluding hydrogens is 451 g/mol. The van der Waals surface area contributed by atoms with Gasteiger partial charge in [0.15, 0.2) is 0 Å². The average molecular weight is 464 g/mol. The second-order valence-corrected chi connectivity index (χ2v) is 9.59. The van der Waals surface area contributed by atoms with E-state index in [1.165, 1.54) is 12.3 Å². The van der Waals surface area contributed by atoms with Gasteiger partial charge in [0.05, 0.1) is 12.7 Å². The molecule has 1 fully saturated rings. The van der Waals surface area contributed by atoms with Gasteiger partial charge in [-0.05, 0) is 6.07 Å². The number of phosphoric ester groups is 1. The van der Waals surface area contributed by atoms with Gasteiger partial charge in [0.1, 0.15) is 18.1 Å². The molecule has 0 radical (unpaired) electrons. The molecule has 4 N–H and O–H groups in total. The maximum atomic E-state index is 11.7. The van der Waals surface area contributed by atoms with Crippen LogP contribution in [-0.4, -0.2) is 38.4 Å². The van der Waals surface area contributed by atoms with E-state index >= 15 is 0 Å². The van der Waals surface area contributed by atoms with Crippen LogP contribution in [0.15, 0.2) is 17.1 Å². The fourth-order valence-electron chi connectivity index (χ4n) is 2.13. The topological polar surface area (TPSA) is 259 Å². The molecule has 0 saturated carbocycles. The second kappa shape index (κ2) is 8.40. The van der Waals surface area contributed by atoms with E-state index < -0.39 is 54.2 Å². The number of nitrogen functional groups attached to an aromatic ring is 1. The summed E-state index contributed by atoms with van der Waals surface area (Å²) in [5, 5.41) is 9.90. The first-order valence-electron chi connectivity index (χ1n) is 7.09. The third kappa shape index (κ3) is 6.81. The Morgan fingerprint density at radius 1 is 1.29 bits per heavy atom. The zero-order valence-corrected chi connectivity index (χ0v) is 16.2. The van der Waals surface area contributed by atoms with Crippen LogP contribution in [0, 0.1) is 0 Å². The number of aliphatic hydroxyl groups is 1. The second-order valence-electron chi connectivity index (χ2n) is 5.30. The first-order valence-corrected chi connectivity index (χ1v) is 11.5. The van der Waals surface area contributed by atoms with Gasteiger partial charge < -0.3 is 39.7 Å². The molecule has 0 aromatic carbocycles. The summed E-state index contributed by atoms with van der Waals surface area (Å²) in [6, 6.07) is 1.28. The van der Waals surface area contributed by atoms with Gasteiger partial charge in [-0.2, -0.15) is 4.98 Å². The highest BCUT2D eigenvalue weighted by Crippen LogP contribution is 2.61. The number of nitrogens with two attached hydrogens (primary N) is 1. The Morgan fingerprint density at radius 2 is 1.93 bits per heavy atom. The molecule has 16 nitrogen and oxygen atoms in total. The van der Waals surface area contributed by atoms with Gasteiger partial charge in [0, 0.05) is 12.6 Å². The highest BCUT2D eigenvalue weighted by atomic mass is 31.3. The van der Waals surface area contributed by atoms with Crippen molar-refractivity contribution in [3.05, 3.63) is 22.7 Å². The van der Waals surface area contributed by atoms with Gasteiger partial charge in [-0.25, -0.2) is 13.4 Å². The third-order valence-electron chi connectivity index (χ3n) is 3.17. The van der Waals surface area contributed by atoms with E-state index in [1.54, 1.807) is 0 Å². The Hall–Kier alpha value is -0.990. The summed E-state index contributed by atoms with van der Waals surface area (Å²) >= 11 is 0. The summed E-state index contributed by atoms with van der Waals surface area (Å²) in [5.41, 5.74) is 4.54. The maximum Gasteiger partial charge on any atom is 0.351 e. The van der Waals surface area contributed by atoms with Crippen molar-refractivity contribution in [2.75, 3.05) is 12.3 Å². The number of aliphatic hydroxyl groups excluding tert-OH is 1. The van der Waals surface area contributed by atoms with Crippen molar-refractivity contribution in [1.29, 1.82) is 0 Å². The molecule has 6 atom stereocenters. The molecule has 1 aliphatic rings. The van der Waals surface area contributed by atoms with E-state index in [9.17, 15) is 38.3 Å². The molecule has 0 aliphatic carbocycles. The summed E-state index contributed by atoms with van der Waals surface area (Å²) in [7, 11) is -17.6. The van der Waals surface area contributed by atoms with Gasteiger partial charge in [0.2, 0.25) is 0 Å². The molecule has 0 spiro atoms. The minimum absolute atomic E-state index is 0.0566. The van der Waals surface area contributed by atoms with Crippen molar-refractivity contribution in [2.45, 2.75) is 24.9 Å². The fourth-order valence-corrected chi connectivity index (χ4v) is 5.03. The van der Waals surface area contributed by atoms with Gasteiger partial charge in [-0.1, -0.05) is 0 Å². The first-order chi connectivity index (χ1) is 12.7. The van der Waals surface area contributed by atoms with Crippen molar-refractivity contribution >= 4 is 29.3 Å². The lowest BCUT2D eigenvalue weighted by Gasteiger charge is -2.33. The Balaban J connectivity index is 1.98. The van der Waals surface area contributed by atoms with E-state index in [-0.39, 0.29) is 12.2 Å². The van der Waals surface area contributed by atoms with Gasteiger partial charge in [-0.15, -0.1) is 0 Å². The van der Waals surface area contributed by atoms with Crippen LogP contribution >= 0.6 is 23.5 Å². The highest BCUT2D eigenvalue weighted by Gasteiger charge is 2.37. The predicted molar refractivity (Wildman–Crippen MR) is 80.6 cm³/mol. The van der Waals surface area contributed by atoms with E-state index in [0.29, 0.717) is 0 Å². The number of hydrogen-bond donors (Lipinski definition) is 3. The Labute approximate surface area is 155 Å². The smallest absolute Gasteiger partial charge is 0.351 e. The molecular formula is C9H13N3O13P3-3. The zero-order valence-electron chi connectivity index (χ0n) is 13.5. The summed E-state index contributed by atoms with van der Waals surface area (Å²) < 4.78 is 49.9. The van der Waals surface area contributed by atoms with Crippen molar-refractivity contribution in [1.82, 2.24) is 9.55 Å². The molecule has 2 rings (SSSR count). The number of aromatic nitrogens is 2. The number of hydrogen-bond acceptors (Lipinski definition) is 14. The summed E-state index contributed by atoms with van der Waals surface area (Å²) in [5.74, 6) is -0.0566. The van der Waals surface area contributed by atoms with E-state index in [1.807, 2.05) is 0 Å². The van der Waals surface area contributed by atoms with Gasteiger partial charge in [0.25, 0.3) is 23.5 Å². The number of ether oxygens (including phenoxy) is 1. The normalized spacial score (nSPS) is 29.0. The Kier molecular flexibility index (Phi) is 6.99. The zero-order chi connectivity index (χ0) is 21.3. The molecule has 28 heavy (non-hydrogen) atoms. The number of nitrogens with zero attached hydrogens (tertiary/aromatic N) is 2. The Bertz CT molecular complexity index is 914. The molecule has 2 heterocycles. The Morgan fingerprint density at radius 3 is 2.50 bits per heavy atom. The number of anilines is 1. The van der Waals surface area contributed by atoms with Crippen LogP contribution in [0.5, 0.6) is 0 Å². The lowest BCUT2D eigenvalue weighted by molar-refractivity contribution is -0.250. The van der Waals surface area contributed by atoms with E-state index in [0.717, 1.165) is 4.57 Å². The van der Waals surface area contributed by atoms with Crippen LogP contribution in [0.1, 0.15) is 12.6 Å². The van der Waals surface area contributed by atoms with E-state index in [4.69, 9.17) is 15.4 Å². The van der Waals surface area contributed by atoms with Crippen LogP contribution in [0.25, 0.3) is 0 Å². The molecule has 1 aromatic heterocycles. The molecule has 0 amide bonds. The maximum absolute atomic E-state index is 11.7. The van der Waals surface area contributed by atoms with Crippen LogP contribution in [-0.2, 0) is 31.6 Å². The molecule has 19 heteroatoms. The molecule has 1 aliphatic heterocycles. The molecule has 1 saturated heterocycles. The summed E-state index contributed by atoms with van der Waals surface area (Å²) in [6.07, 6.45) is -2.66. The van der Waals surface area contributed by atoms with Crippen molar-refractivity contribution in [2.24, 2.45) is 0 Å². The van der Waals surface area contributed by atoms with Crippen LogP contribution < -0.4 is 26.1 Å². The van der Waals surface area contributed by atoms with Crippen molar-refractivity contribution in [3.63, 3.8) is 0 Å². The number of rotatable bonds is 8. The highest BCUT2D eigenvalue weighted by molar-refractivity contribution is 7.65. The fraction of sp³-hybridized carbons (Fsp3) is 0.556. The summed E-state index contributed by atoms with van der Waals surface area (Å²) in [4.78, 5) is 56.4. The van der Waals surface area contributed by atoms with Gasteiger partial charge in [-0.3, -0.25) is 18.3 Å². The van der Waals surface area contributed by atoms with E-state index in [2.05, 4.69) is 18.1 Å². The van der Waals surface area contributed by atoms with Crippen LogP contribution in [0.2, 0.25) is 0 Å². The molecule has 3 unspecified atom stereocenters. The lowest BCUT2D eigenvalue weighted by Crippen LogP contribution is -2.29. The summed E-state index contributed by atoms with van der Waals surface area (Å²) in [6.45, 7) is -0.955. The molecule has 1 aromatic rings. The first kappa shape index (κ1) is 23.3. The van der Waals surface area contributed by atoms with Gasteiger partial charge >= 0.3 is 5.69 Å². The molecule has 0 bridgehead atoms. The standard InChI is InChI=1S/C9H16N3O13P3/c10-7-1-2-12(9(14)11-7)8-3-5(13)6(23-8)4-22-27(18,19)25-28(20,21)24-26(15,16)17/h1-2,5-6,8,13H,3-4H2,(H,18,19)(H,20,21)(H2,10,11,14)(H2,15,16,17)/p-3/t5-,6+,8+/m0/s1. The predicted octanol–water partition coefficient (Wildman–Crippen LogP) is -3.08. The van der Waals surface area contributed by atoms with Crippen LogP contribution in [0.3, 0.4) is 0 Å². The minimum Gasteiger partial charge on any atom is -0.756 e. The third-order valence-corrected chi connectivity index (χ3v) is 6.86.